The fraction of sp³-hybridized carbons (Fsp3) is 0.143. The van der Waals surface area contributed by atoms with Crippen molar-refractivity contribution in [3.63, 3.8) is 0 Å². The Bertz CT molecular complexity index is 672. The van der Waals surface area contributed by atoms with Gasteiger partial charge in [-0.15, -0.1) is 0 Å². The molecule has 0 aliphatic carbocycles. The number of anilines is 1. The maximum Gasteiger partial charge on any atom is 0.328 e. The summed E-state index contributed by atoms with van der Waals surface area (Å²) in [6.45, 7) is -0.0184. The molecule has 0 unspecified atom stereocenters. The molecule has 1 aliphatic rings. The minimum atomic E-state index is -1.09. The number of carboxylic acid groups (broad SMARTS) is 1. The van der Waals surface area contributed by atoms with Crippen LogP contribution in [-0.2, 0) is 14.4 Å². The molecule has 21 heavy (non-hydrogen) atoms. The zero-order valence-corrected chi connectivity index (χ0v) is 10.9. The predicted molar refractivity (Wildman–Crippen MR) is 73.2 cm³/mol. The number of piperazine rings is 1. The maximum absolute atomic E-state index is 11.4. The number of benzene rings is 1. The fourth-order valence-electron chi connectivity index (χ4n) is 2.00. The van der Waals surface area contributed by atoms with Crippen molar-refractivity contribution in [2.75, 3.05) is 18.0 Å². The monoisotopic (exact) mass is 285 g/mol. The van der Waals surface area contributed by atoms with Crippen LogP contribution in [-0.4, -0.2) is 36.0 Å². The average Bonchev–Trinajstić information content (AvgIpc) is 2.43. The summed E-state index contributed by atoms with van der Waals surface area (Å²) in [5.41, 5.74) is 1.28. The van der Waals surface area contributed by atoms with E-state index in [9.17, 15) is 19.6 Å². The lowest BCUT2D eigenvalue weighted by atomic mass is 10.1. The van der Waals surface area contributed by atoms with Gasteiger partial charge in [-0.1, -0.05) is 6.07 Å². The van der Waals surface area contributed by atoms with Crippen LogP contribution < -0.4 is 10.2 Å². The van der Waals surface area contributed by atoms with Gasteiger partial charge in [0.1, 0.15) is 6.07 Å². The fourth-order valence-corrected chi connectivity index (χ4v) is 2.00. The van der Waals surface area contributed by atoms with Gasteiger partial charge in [0.15, 0.2) is 0 Å². The van der Waals surface area contributed by atoms with Gasteiger partial charge in [-0.3, -0.25) is 14.9 Å². The Morgan fingerprint density at radius 3 is 2.57 bits per heavy atom. The summed E-state index contributed by atoms with van der Waals surface area (Å²) in [5, 5.41) is 19.9. The van der Waals surface area contributed by atoms with Gasteiger partial charge in [0.2, 0.25) is 11.8 Å². The van der Waals surface area contributed by atoms with Gasteiger partial charge < -0.3 is 10.0 Å². The molecule has 0 aromatic heterocycles. The van der Waals surface area contributed by atoms with E-state index in [1.54, 1.807) is 12.1 Å². The summed E-state index contributed by atoms with van der Waals surface area (Å²) >= 11 is 0. The van der Waals surface area contributed by atoms with E-state index in [1.807, 2.05) is 6.07 Å². The Kier molecular flexibility index (Phi) is 4.00. The molecule has 0 radical (unpaired) electrons. The van der Waals surface area contributed by atoms with E-state index in [1.165, 1.54) is 17.0 Å². The molecule has 2 rings (SSSR count). The van der Waals surface area contributed by atoms with Gasteiger partial charge in [-0.2, -0.15) is 5.26 Å². The van der Waals surface area contributed by atoms with Crippen LogP contribution in [0.5, 0.6) is 0 Å². The number of nitrogens with zero attached hydrogens (tertiary/aromatic N) is 2. The molecule has 106 valence electrons. The molecular weight excluding hydrogens is 274 g/mol. The summed E-state index contributed by atoms with van der Waals surface area (Å²) in [6.07, 6.45) is 2.33. The highest BCUT2D eigenvalue weighted by Gasteiger charge is 2.24. The molecule has 1 heterocycles. The summed E-state index contributed by atoms with van der Waals surface area (Å²) in [6, 6.07) is 6.70. The summed E-state index contributed by atoms with van der Waals surface area (Å²) in [4.78, 5) is 34.7. The Hall–Kier alpha value is -3.14. The predicted octanol–water partition coefficient (Wildman–Crippen LogP) is 0.119. The SMILES string of the molecule is N#Cc1cc(/C=C/C(=O)O)ccc1N1CC(=O)NC(=O)C1. The minimum absolute atomic E-state index is 0.00919. The molecule has 0 saturated carbocycles. The number of carbonyl (C=O) groups is 3. The summed E-state index contributed by atoms with van der Waals surface area (Å²) in [7, 11) is 0. The third-order valence-electron chi connectivity index (χ3n) is 2.85. The van der Waals surface area contributed by atoms with Crippen molar-refractivity contribution in [3.05, 3.63) is 35.4 Å². The highest BCUT2D eigenvalue weighted by molar-refractivity contribution is 6.03. The third-order valence-corrected chi connectivity index (χ3v) is 2.85. The van der Waals surface area contributed by atoms with Gasteiger partial charge in [-0.05, 0) is 23.8 Å². The maximum atomic E-state index is 11.4. The molecule has 1 saturated heterocycles. The second-order valence-corrected chi connectivity index (χ2v) is 4.39. The zero-order valence-electron chi connectivity index (χ0n) is 10.9. The highest BCUT2D eigenvalue weighted by Crippen LogP contribution is 2.22. The van der Waals surface area contributed by atoms with Gasteiger partial charge in [0.25, 0.3) is 0 Å². The molecule has 0 bridgehead atoms. The number of hydrogen-bond acceptors (Lipinski definition) is 5. The summed E-state index contributed by atoms with van der Waals surface area (Å²) in [5.74, 6) is -1.94. The first kappa shape index (κ1) is 14.3. The molecule has 7 nitrogen and oxygen atoms in total. The van der Waals surface area contributed by atoms with E-state index in [0.29, 0.717) is 11.3 Å². The number of nitriles is 1. The third kappa shape index (κ3) is 3.45. The number of carbonyl (C=O) groups excluding carboxylic acids is 2. The quantitative estimate of drug-likeness (QED) is 0.603. The van der Waals surface area contributed by atoms with Crippen molar-refractivity contribution in [1.29, 1.82) is 5.26 Å². The van der Waals surface area contributed by atoms with E-state index < -0.39 is 17.8 Å². The first-order valence-corrected chi connectivity index (χ1v) is 6.02. The topological polar surface area (TPSA) is 110 Å². The molecule has 1 aromatic rings. The average molecular weight is 285 g/mol. The molecule has 0 atom stereocenters. The van der Waals surface area contributed by atoms with Crippen molar-refractivity contribution >= 4 is 29.5 Å². The van der Waals surface area contributed by atoms with E-state index in [4.69, 9.17) is 5.11 Å². The van der Waals surface area contributed by atoms with Crippen LogP contribution in [0.3, 0.4) is 0 Å². The number of nitrogens with one attached hydrogen (secondary N) is 1. The normalized spacial score (nSPS) is 14.9. The number of rotatable bonds is 3. The van der Waals surface area contributed by atoms with Crippen LogP contribution in [0, 0.1) is 11.3 Å². The Labute approximate surface area is 120 Å². The molecular formula is C14H11N3O4. The zero-order chi connectivity index (χ0) is 15.4. The number of imide groups is 1. The van der Waals surface area contributed by atoms with Crippen LogP contribution in [0.4, 0.5) is 5.69 Å². The van der Waals surface area contributed by atoms with Crippen molar-refractivity contribution in [1.82, 2.24) is 5.32 Å². The molecule has 2 amide bonds. The number of carboxylic acids is 1. The van der Waals surface area contributed by atoms with E-state index >= 15 is 0 Å². The molecule has 7 heteroatoms. The van der Waals surface area contributed by atoms with Gasteiger partial charge in [0, 0.05) is 6.08 Å². The Morgan fingerprint density at radius 2 is 2.00 bits per heavy atom. The first-order valence-electron chi connectivity index (χ1n) is 6.02. The first-order chi connectivity index (χ1) is 9.99. The molecule has 1 aliphatic heterocycles. The standard InChI is InChI=1S/C14H11N3O4/c15-6-10-5-9(2-4-14(20)21)1-3-11(10)17-7-12(18)16-13(19)8-17/h1-5H,7-8H2,(H,20,21)(H,16,18,19)/b4-2+. The van der Waals surface area contributed by atoms with Crippen molar-refractivity contribution in [2.45, 2.75) is 0 Å². The van der Waals surface area contributed by atoms with Gasteiger partial charge in [0.05, 0.1) is 24.3 Å². The van der Waals surface area contributed by atoms with E-state index in [0.717, 1.165) is 6.08 Å². The lowest BCUT2D eigenvalue weighted by Gasteiger charge is -2.28. The number of aliphatic carboxylic acids is 1. The minimum Gasteiger partial charge on any atom is -0.478 e. The number of amides is 2. The molecule has 1 aromatic carbocycles. The smallest absolute Gasteiger partial charge is 0.328 e. The van der Waals surface area contributed by atoms with E-state index in [-0.39, 0.29) is 18.7 Å². The van der Waals surface area contributed by atoms with Crippen LogP contribution in [0.1, 0.15) is 11.1 Å². The lowest BCUT2D eigenvalue weighted by Crippen LogP contribution is -2.51. The van der Waals surface area contributed by atoms with Crippen molar-refractivity contribution in [2.24, 2.45) is 0 Å². The van der Waals surface area contributed by atoms with Crippen LogP contribution in [0.25, 0.3) is 6.08 Å². The second kappa shape index (κ2) is 5.88. The highest BCUT2D eigenvalue weighted by atomic mass is 16.4. The molecule has 0 spiro atoms. The lowest BCUT2D eigenvalue weighted by molar-refractivity contribution is -0.132. The van der Waals surface area contributed by atoms with Crippen molar-refractivity contribution < 1.29 is 19.5 Å². The largest absolute Gasteiger partial charge is 0.478 e. The molecule has 2 N–H and O–H groups in total. The van der Waals surface area contributed by atoms with Gasteiger partial charge >= 0.3 is 5.97 Å². The van der Waals surface area contributed by atoms with Crippen LogP contribution >= 0.6 is 0 Å². The Morgan fingerprint density at radius 1 is 1.33 bits per heavy atom. The summed E-state index contributed by atoms with van der Waals surface area (Å²) < 4.78 is 0. The van der Waals surface area contributed by atoms with Crippen LogP contribution in [0.2, 0.25) is 0 Å². The van der Waals surface area contributed by atoms with Gasteiger partial charge in [-0.25, -0.2) is 4.79 Å². The number of hydrogen-bond donors (Lipinski definition) is 2. The van der Waals surface area contributed by atoms with Crippen molar-refractivity contribution in [3.8, 4) is 6.07 Å². The second-order valence-electron chi connectivity index (χ2n) is 4.39. The molecule has 1 fully saturated rings. The Balaban J connectivity index is 2.32. The van der Waals surface area contributed by atoms with E-state index in [2.05, 4.69) is 5.32 Å². The van der Waals surface area contributed by atoms with Crippen LogP contribution in [0.15, 0.2) is 24.3 Å².